The smallest absolute Gasteiger partial charge is 0.260 e. The second kappa shape index (κ2) is 7.69. The molecule has 0 saturated heterocycles. The van der Waals surface area contributed by atoms with E-state index in [1.54, 1.807) is 36.5 Å². The highest BCUT2D eigenvalue weighted by atomic mass is 35.5. The van der Waals surface area contributed by atoms with E-state index in [0.717, 1.165) is 6.42 Å². The van der Waals surface area contributed by atoms with Crippen LogP contribution in [0.15, 0.2) is 35.7 Å². The number of rotatable bonds is 6. The Bertz CT molecular complexity index is 581. The molecule has 3 nitrogen and oxygen atoms in total. The van der Waals surface area contributed by atoms with Crippen LogP contribution in [0.3, 0.4) is 0 Å². The molecule has 0 fully saturated rings. The summed E-state index contributed by atoms with van der Waals surface area (Å²) in [5.41, 5.74) is 0. The van der Waals surface area contributed by atoms with Crippen molar-refractivity contribution >= 4 is 40.4 Å². The lowest BCUT2D eigenvalue weighted by atomic mass is 10.3. The molecule has 1 heterocycles. The third kappa shape index (κ3) is 5.23. The first-order valence-corrected chi connectivity index (χ1v) is 8.11. The number of halogens is 2. The van der Waals surface area contributed by atoms with Crippen molar-refractivity contribution in [1.29, 1.82) is 0 Å². The molecule has 6 heteroatoms. The summed E-state index contributed by atoms with van der Waals surface area (Å²) in [4.78, 5) is 13.2. The molecular weight excluding hydrogens is 329 g/mol. The van der Waals surface area contributed by atoms with Gasteiger partial charge in [0.25, 0.3) is 5.91 Å². The molecule has 0 spiro atoms. The molecule has 0 bridgehead atoms. The van der Waals surface area contributed by atoms with Crippen LogP contribution in [-0.4, -0.2) is 18.6 Å². The van der Waals surface area contributed by atoms with Crippen LogP contribution in [-0.2, 0) is 11.2 Å². The zero-order valence-corrected chi connectivity index (χ0v) is 13.8. The van der Waals surface area contributed by atoms with Crippen molar-refractivity contribution < 1.29 is 9.53 Å². The van der Waals surface area contributed by atoms with Crippen LogP contribution in [0.2, 0.25) is 10.0 Å². The van der Waals surface area contributed by atoms with Crippen LogP contribution in [0.1, 0.15) is 11.8 Å². The fourth-order valence-electron chi connectivity index (χ4n) is 1.76. The minimum absolute atomic E-state index is 0.164. The molecule has 1 unspecified atom stereocenters. The highest BCUT2D eigenvalue weighted by molar-refractivity contribution is 7.09. The topological polar surface area (TPSA) is 38.3 Å². The molecule has 112 valence electrons. The quantitative estimate of drug-likeness (QED) is 0.854. The van der Waals surface area contributed by atoms with Crippen LogP contribution >= 0.6 is 34.5 Å². The fraction of sp³-hybridized carbons (Fsp3) is 0.267. The van der Waals surface area contributed by atoms with E-state index in [0.29, 0.717) is 22.3 Å². The molecule has 0 radical (unpaired) electrons. The number of ether oxygens (including phenoxy) is 1. The molecule has 1 amide bonds. The summed E-state index contributed by atoms with van der Waals surface area (Å²) >= 11 is 13.5. The molecule has 1 aromatic heterocycles. The summed E-state index contributed by atoms with van der Waals surface area (Å²) in [6.45, 7) is 2.28. The van der Waals surface area contributed by atoms with E-state index in [1.165, 1.54) is 4.88 Å². The number of hydrogen-bond acceptors (Lipinski definition) is 3. The van der Waals surface area contributed by atoms with Crippen molar-refractivity contribution in [1.82, 2.24) is 5.32 Å². The molecule has 21 heavy (non-hydrogen) atoms. The Morgan fingerprint density at radius 3 is 2.67 bits per heavy atom. The van der Waals surface area contributed by atoms with E-state index in [1.807, 2.05) is 17.5 Å². The average molecular weight is 344 g/mol. The molecule has 0 saturated carbocycles. The van der Waals surface area contributed by atoms with Crippen molar-refractivity contribution in [2.24, 2.45) is 0 Å². The molecule has 0 aliphatic rings. The molecule has 0 aliphatic heterocycles. The average Bonchev–Trinajstić information content (AvgIpc) is 2.90. The Morgan fingerprint density at radius 2 is 2.05 bits per heavy atom. The van der Waals surface area contributed by atoms with Crippen LogP contribution in [0, 0.1) is 0 Å². The van der Waals surface area contributed by atoms with Gasteiger partial charge in [0, 0.05) is 21.5 Å². The molecule has 1 aromatic carbocycles. The maximum absolute atomic E-state index is 11.9. The number of benzene rings is 1. The van der Waals surface area contributed by atoms with E-state index in [-0.39, 0.29) is 5.91 Å². The standard InChI is InChI=1S/C15H15Cl2NO2S/c1-10(20-13-8-11(16)7-12(17)9-13)15(19)18-5-4-14-3-2-6-21-14/h2-3,6-10H,4-5H2,1H3,(H,18,19). The minimum Gasteiger partial charge on any atom is -0.481 e. The van der Waals surface area contributed by atoms with Gasteiger partial charge in [-0.15, -0.1) is 11.3 Å². The molecule has 0 aliphatic carbocycles. The predicted molar refractivity (Wildman–Crippen MR) is 87.6 cm³/mol. The van der Waals surface area contributed by atoms with Crippen LogP contribution in [0.25, 0.3) is 0 Å². The van der Waals surface area contributed by atoms with Crippen molar-refractivity contribution in [3.8, 4) is 5.75 Å². The van der Waals surface area contributed by atoms with Crippen molar-refractivity contribution in [3.05, 3.63) is 50.6 Å². The number of carbonyl (C=O) groups excluding carboxylic acids is 1. The number of hydrogen-bond donors (Lipinski definition) is 1. The Hall–Kier alpha value is -1.23. The van der Waals surface area contributed by atoms with Crippen LogP contribution in [0.5, 0.6) is 5.75 Å². The summed E-state index contributed by atoms with van der Waals surface area (Å²) < 4.78 is 5.55. The Morgan fingerprint density at radius 1 is 1.33 bits per heavy atom. The first-order valence-electron chi connectivity index (χ1n) is 6.47. The van der Waals surface area contributed by atoms with Gasteiger partial charge in [0.15, 0.2) is 6.10 Å². The maximum Gasteiger partial charge on any atom is 0.260 e. The highest BCUT2D eigenvalue weighted by Gasteiger charge is 2.14. The molecule has 2 rings (SSSR count). The first kappa shape index (κ1) is 16.1. The van der Waals surface area contributed by atoms with Gasteiger partial charge in [0.1, 0.15) is 5.75 Å². The maximum atomic E-state index is 11.9. The molecule has 2 aromatic rings. The normalized spacial score (nSPS) is 12.0. The van der Waals surface area contributed by atoms with Gasteiger partial charge in [0.05, 0.1) is 0 Å². The summed E-state index contributed by atoms with van der Waals surface area (Å²) in [5, 5.41) is 5.82. The number of amides is 1. The fourth-order valence-corrected chi connectivity index (χ4v) is 2.98. The Labute approximate surface area is 137 Å². The van der Waals surface area contributed by atoms with E-state index < -0.39 is 6.10 Å². The van der Waals surface area contributed by atoms with Gasteiger partial charge in [-0.25, -0.2) is 0 Å². The number of thiophene rings is 1. The second-order valence-corrected chi connectivity index (χ2v) is 6.39. The molecule has 1 atom stereocenters. The lowest BCUT2D eigenvalue weighted by Gasteiger charge is -2.15. The third-order valence-corrected chi connectivity index (χ3v) is 4.14. The van der Waals surface area contributed by atoms with Crippen molar-refractivity contribution in [2.75, 3.05) is 6.54 Å². The van der Waals surface area contributed by atoms with Crippen molar-refractivity contribution in [2.45, 2.75) is 19.4 Å². The predicted octanol–water partition coefficient (Wildman–Crippen LogP) is 4.18. The van der Waals surface area contributed by atoms with Gasteiger partial charge in [-0.05, 0) is 43.0 Å². The Balaban J connectivity index is 1.81. The summed E-state index contributed by atoms with van der Waals surface area (Å²) in [7, 11) is 0. The SMILES string of the molecule is CC(Oc1cc(Cl)cc(Cl)c1)C(=O)NCCc1cccs1. The van der Waals surface area contributed by atoms with E-state index in [9.17, 15) is 4.79 Å². The second-order valence-electron chi connectivity index (χ2n) is 4.49. The van der Waals surface area contributed by atoms with Gasteiger partial charge in [-0.3, -0.25) is 4.79 Å². The highest BCUT2D eigenvalue weighted by Crippen LogP contribution is 2.24. The monoisotopic (exact) mass is 343 g/mol. The van der Waals surface area contributed by atoms with Gasteiger partial charge >= 0.3 is 0 Å². The van der Waals surface area contributed by atoms with Gasteiger partial charge in [-0.2, -0.15) is 0 Å². The summed E-state index contributed by atoms with van der Waals surface area (Å²) in [6, 6.07) is 8.91. The van der Waals surface area contributed by atoms with Crippen molar-refractivity contribution in [3.63, 3.8) is 0 Å². The zero-order valence-electron chi connectivity index (χ0n) is 11.4. The van der Waals surface area contributed by atoms with Gasteiger partial charge in [0.2, 0.25) is 0 Å². The first-order chi connectivity index (χ1) is 10.0. The summed E-state index contributed by atoms with van der Waals surface area (Å²) in [6.07, 6.45) is 0.210. The van der Waals surface area contributed by atoms with Crippen LogP contribution < -0.4 is 10.1 Å². The molecular formula is C15H15Cl2NO2S. The molecule has 1 N–H and O–H groups in total. The summed E-state index contributed by atoms with van der Waals surface area (Å²) in [5.74, 6) is 0.316. The zero-order chi connectivity index (χ0) is 15.2. The minimum atomic E-state index is -0.608. The lowest BCUT2D eigenvalue weighted by Crippen LogP contribution is -2.37. The third-order valence-electron chi connectivity index (χ3n) is 2.77. The van der Waals surface area contributed by atoms with E-state index in [2.05, 4.69) is 5.32 Å². The van der Waals surface area contributed by atoms with E-state index >= 15 is 0 Å². The largest absolute Gasteiger partial charge is 0.481 e. The number of nitrogens with one attached hydrogen (secondary N) is 1. The van der Waals surface area contributed by atoms with E-state index in [4.69, 9.17) is 27.9 Å². The van der Waals surface area contributed by atoms with Gasteiger partial charge in [-0.1, -0.05) is 29.3 Å². The number of carbonyl (C=O) groups is 1. The Kier molecular flexibility index (Phi) is 5.91. The lowest BCUT2D eigenvalue weighted by molar-refractivity contribution is -0.127. The van der Waals surface area contributed by atoms with Gasteiger partial charge < -0.3 is 10.1 Å². The van der Waals surface area contributed by atoms with Crippen LogP contribution in [0.4, 0.5) is 0 Å².